The minimum absolute atomic E-state index is 0.156. The molecule has 1 heterocycles. The molecule has 0 amide bonds. The van der Waals surface area contributed by atoms with Crippen molar-refractivity contribution in [1.82, 2.24) is 10.3 Å². The molecule has 0 bridgehead atoms. The van der Waals surface area contributed by atoms with Crippen molar-refractivity contribution in [2.75, 3.05) is 19.7 Å². The maximum absolute atomic E-state index is 8.76. The Hall–Kier alpha value is -1.49. The van der Waals surface area contributed by atoms with E-state index >= 15 is 0 Å². The van der Waals surface area contributed by atoms with Crippen molar-refractivity contribution in [3.05, 3.63) is 42.1 Å². The lowest BCUT2D eigenvalue weighted by molar-refractivity contribution is 0.282. The third-order valence-corrected chi connectivity index (χ3v) is 3.24. The number of nitrogens with two attached hydrogens (primary N) is 1. The molecule has 4 heteroatoms. The molecule has 1 aromatic heterocycles. The summed E-state index contributed by atoms with van der Waals surface area (Å²) in [7, 11) is 0. The first kappa shape index (κ1) is 13.9. The molecule has 4 nitrogen and oxygen atoms in total. The molecule has 0 aliphatic carbocycles. The van der Waals surface area contributed by atoms with Gasteiger partial charge in [0.15, 0.2) is 0 Å². The molecule has 2 rings (SSSR count). The van der Waals surface area contributed by atoms with Crippen LogP contribution in [0.25, 0.3) is 10.9 Å². The average Bonchev–Trinajstić information content (AvgIpc) is 2.47. The molecule has 2 aromatic rings. The Labute approximate surface area is 113 Å². The van der Waals surface area contributed by atoms with Gasteiger partial charge in [-0.2, -0.15) is 0 Å². The molecular weight excluding hydrogens is 238 g/mol. The number of benzene rings is 1. The highest BCUT2D eigenvalue weighted by atomic mass is 16.2. The minimum atomic E-state index is 0.156. The number of fused-ring (bicyclic) bond motifs is 1. The highest BCUT2D eigenvalue weighted by Crippen LogP contribution is 2.18. The van der Waals surface area contributed by atoms with Gasteiger partial charge in [0.1, 0.15) is 0 Å². The van der Waals surface area contributed by atoms with E-state index in [0.717, 1.165) is 30.3 Å². The van der Waals surface area contributed by atoms with Gasteiger partial charge in [-0.15, -0.1) is 0 Å². The lowest BCUT2D eigenvalue weighted by Gasteiger charge is -2.17. The number of unbranched alkanes of at least 4 members (excludes halogenated alkanes) is 1. The fourth-order valence-corrected chi connectivity index (χ4v) is 2.16. The van der Waals surface area contributed by atoms with Crippen LogP contribution in [0.15, 0.2) is 36.5 Å². The number of hydrogen-bond donors (Lipinski definition) is 3. The van der Waals surface area contributed by atoms with E-state index in [1.807, 2.05) is 12.1 Å². The topological polar surface area (TPSA) is 71.2 Å². The first-order valence-corrected chi connectivity index (χ1v) is 6.74. The molecule has 0 aliphatic heterocycles. The fraction of sp³-hybridized carbons (Fsp3) is 0.400. The molecule has 102 valence electrons. The highest BCUT2D eigenvalue weighted by molar-refractivity contribution is 5.79. The third-order valence-electron chi connectivity index (χ3n) is 3.24. The van der Waals surface area contributed by atoms with Crippen molar-refractivity contribution in [3.8, 4) is 0 Å². The number of rotatable bonds is 7. The summed E-state index contributed by atoms with van der Waals surface area (Å²) in [4.78, 5) is 4.31. The first-order valence-electron chi connectivity index (χ1n) is 6.74. The first-order chi connectivity index (χ1) is 9.35. The van der Waals surface area contributed by atoms with Crippen LogP contribution in [-0.4, -0.2) is 29.8 Å². The zero-order chi connectivity index (χ0) is 13.5. The van der Waals surface area contributed by atoms with Crippen LogP contribution < -0.4 is 11.1 Å². The van der Waals surface area contributed by atoms with E-state index in [1.54, 1.807) is 6.20 Å². The van der Waals surface area contributed by atoms with Crippen LogP contribution in [0.2, 0.25) is 0 Å². The van der Waals surface area contributed by atoms with Gasteiger partial charge in [0.25, 0.3) is 0 Å². The second kappa shape index (κ2) is 7.19. The van der Waals surface area contributed by atoms with E-state index < -0.39 is 0 Å². The van der Waals surface area contributed by atoms with Crippen LogP contribution in [0.4, 0.5) is 0 Å². The van der Waals surface area contributed by atoms with Crippen molar-refractivity contribution < 1.29 is 5.11 Å². The smallest absolute Gasteiger partial charge is 0.0702 e. The van der Waals surface area contributed by atoms with Crippen molar-refractivity contribution in [1.29, 1.82) is 0 Å². The Morgan fingerprint density at radius 3 is 2.95 bits per heavy atom. The van der Waals surface area contributed by atoms with Gasteiger partial charge in [-0.3, -0.25) is 4.98 Å². The normalized spacial score (nSPS) is 12.7. The van der Waals surface area contributed by atoms with Crippen LogP contribution >= 0.6 is 0 Å². The van der Waals surface area contributed by atoms with Crippen LogP contribution in [0.3, 0.4) is 0 Å². The second-order valence-electron chi connectivity index (χ2n) is 4.63. The van der Waals surface area contributed by atoms with E-state index in [9.17, 15) is 0 Å². The Bertz CT molecular complexity index is 515. The van der Waals surface area contributed by atoms with Crippen molar-refractivity contribution in [2.24, 2.45) is 5.73 Å². The molecule has 0 saturated carbocycles. The Morgan fingerprint density at radius 2 is 2.16 bits per heavy atom. The van der Waals surface area contributed by atoms with Gasteiger partial charge in [-0.1, -0.05) is 12.1 Å². The summed E-state index contributed by atoms with van der Waals surface area (Å²) in [6.45, 7) is 1.68. The zero-order valence-electron chi connectivity index (χ0n) is 11.0. The van der Waals surface area contributed by atoms with E-state index in [0.29, 0.717) is 6.54 Å². The molecule has 1 unspecified atom stereocenters. The van der Waals surface area contributed by atoms with Gasteiger partial charge in [0.2, 0.25) is 0 Å². The summed E-state index contributed by atoms with van der Waals surface area (Å²) in [5, 5.41) is 13.3. The second-order valence-corrected chi connectivity index (χ2v) is 4.63. The van der Waals surface area contributed by atoms with Gasteiger partial charge in [0, 0.05) is 30.8 Å². The average molecular weight is 259 g/mol. The predicted molar refractivity (Wildman–Crippen MR) is 77.9 cm³/mol. The summed E-state index contributed by atoms with van der Waals surface area (Å²) < 4.78 is 0. The van der Waals surface area contributed by atoms with Crippen molar-refractivity contribution in [3.63, 3.8) is 0 Å². The molecule has 1 aromatic carbocycles. The maximum Gasteiger partial charge on any atom is 0.0702 e. The Balaban J connectivity index is 2.07. The molecular formula is C15H21N3O. The molecule has 4 N–H and O–H groups in total. The molecule has 0 spiro atoms. The largest absolute Gasteiger partial charge is 0.396 e. The number of aliphatic hydroxyl groups excluding tert-OH is 1. The van der Waals surface area contributed by atoms with Crippen molar-refractivity contribution >= 4 is 10.9 Å². The van der Waals surface area contributed by atoms with Crippen LogP contribution in [0.1, 0.15) is 24.4 Å². The molecule has 0 fully saturated rings. The number of aromatic nitrogens is 1. The SMILES string of the molecule is NCC(NCCCCO)c1ccc2ncccc2c1. The Kier molecular flexibility index (Phi) is 5.27. The fourth-order valence-electron chi connectivity index (χ4n) is 2.16. The zero-order valence-corrected chi connectivity index (χ0v) is 11.0. The van der Waals surface area contributed by atoms with Gasteiger partial charge >= 0.3 is 0 Å². The van der Waals surface area contributed by atoms with Gasteiger partial charge in [0.05, 0.1) is 5.52 Å². The highest BCUT2D eigenvalue weighted by Gasteiger charge is 2.09. The third kappa shape index (κ3) is 3.73. The standard InChI is InChI=1S/C15H21N3O/c16-11-15(18-7-1-2-9-19)13-5-6-14-12(10-13)4-3-8-17-14/h3-6,8,10,15,18-19H,1-2,7,9,11,16H2. The number of hydrogen-bond acceptors (Lipinski definition) is 4. The summed E-state index contributed by atoms with van der Waals surface area (Å²) in [6.07, 6.45) is 3.59. The lowest BCUT2D eigenvalue weighted by atomic mass is 10.0. The number of aliphatic hydroxyl groups is 1. The molecule has 1 atom stereocenters. The van der Waals surface area contributed by atoms with E-state index in [-0.39, 0.29) is 12.6 Å². The van der Waals surface area contributed by atoms with E-state index in [2.05, 4.69) is 28.5 Å². The van der Waals surface area contributed by atoms with Crippen LogP contribution in [-0.2, 0) is 0 Å². The minimum Gasteiger partial charge on any atom is -0.396 e. The van der Waals surface area contributed by atoms with Crippen molar-refractivity contribution in [2.45, 2.75) is 18.9 Å². The molecule has 0 aliphatic rings. The molecule has 0 saturated heterocycles. The number of nitrogens with zero attached hydrogens (tertiary/aromatic N) is 1. The maximum atomic E-state index is 8.76. The lowest BCUT2D eigenvalue weighted by Crippen LogP contribution is -2.29. The number of pyridine rings is 1. The predicted octanol–water partition coefficient (Wildman–Crippen LogP) is 1.60. The van der Waals surface area contributed by atoms with E-state index in [4.69, 9.17) is 10.8 Å². The summed E-state index contributed by atoms with van der Waals surface area (Å²) >= 11 is 0. The monoisotopic (exact) mass is 259 g/mol. The van der Waals surface area contributed by atoms with E-state index in [1.165, 1.54) is 5.56 Å². The molecule has 0 radical (unpaired) electrons. The summed E-state index contributed by atoms with van der Waals surface area (Å²) in [6, 6.07) is 10.4. The van der Waals surface area contributed by atoms with Gasteiger partial charge < -0.3 is 16.2 Å². The molecule has 19 heavy (non-hydrogen) atoms. The van der Waals surface area contributed by atoms with Crippen LogP contribution in [0.5, 0.6) is 0 Å². The summed E-state index contributed by atoms with van der Waals surface area (Å²) in [5.74, 6) is 0. The quantitative estimate of drug-likeness (QED) is 0.660. The van der Waals surface area contributed by atoms with Gasteiger partial charge in [-0.25, -0.2) is 0 Å². The van der Waals surface area contributed by atoms with Crippen LogP contribution in [0, 0.1) is 0 Å². The van der Waals surface area contributed by atoms with Gasteiger partial charge in [-0.05, 0) is 43.1 Å². The number of nitrogens with one attached hydrogen (secondary N) is 1. The Morgan fingerprint density at radius 1 is 1.26 bits per heavy atom. The summed E-state index contributed by atoms with van der Waals surface area (Å²) in [5.41, 5.74) is 8.03.